The van der Waals surface area contributed by atoms with Crippen LogP contribution < -0.4 is 5.32 Å². The molecule has 0 aliphatic heterocycles. The Hall–Kier alpha value is -1.57. The Bertz CT molecular complexity index is 374. The zero-order valence-electron chi connectivity index (χ0n) is 10.3. The molecule has 4 heteroatoms. The predicted octanol–water partition coefficient (Wildman–Crippen LogP) is 1.96. The van der Waals surface area contributed by atoms with E-state index in [2.05, 4.69) is 11.4 Å². The molecule has 4 nitrogen and oxygen atoms in total. The number of methoxy groups -OCH3 is 1. The van der Waals surface area contributed by atoms with Gasteiger partial charge in [-0.1, -0.05) is 18.2 Å². The number of nitrogens with zero attached hydrogens (tertiary/aromatic N) is 1. The molecule has 17 heavy (non-hydrogen) atoms. The molecule has 1 rings (SSSR count). The van der Waals surface area contributed by atoms with E-state index in [4.69, 9.17) is 14.7 Å². The number of anilines is 1. The van der Waals surface area contributed by atoms with Crippen molar-refractivity contribution in [2.45, 2.75) is 13.0 Å². The number of nitriles is 1. The monoisotopic (exact) mass is 234 g/mol. The van der Waals surface area contributed by atoms with E-state index in [-0.39, 0.29) is 6.04 Å². The molecule has 0 aromatic heterocycles. The van der Waals surface area contributed by atoms with Gasteiger partial charge in [0.1, 0.15) is 6.04 Å². The minimum absolute atomic E-state index is 0.340. The van der Waals surface area contributed by atoms with E-state index in [0.29, 0.717) is 19.8 Å². The fourth-order valence-electron chi connectivity index (χ4n) is 1.38. The van der Waals surface area contributed by atoms with E-state index in [1.54, 1.807) is 7.11 Å². The Balaban J connectivity index is 2.42. The maximum atomic E-state index is 9.01. The molecule has 0 saturated carbocycles. The molecule has 0 aliphatic carbocycles. The Labute approximate surface area is 102 Å². The van der Waals surface area contributed by atoms with Gasteiger partial charge in [-0.05, 0) is 18.6 Å². The van der Waals surface area contributed by atoms with Crippen molar-refractivity contribution in [3.63, 3.8) is 0 Å². The molecule has 0 fully saturated rings. The van der Waals surface area contributed by atoms with E-state index in [0.717, 1.165) is 11.3 Å². The summed E-state index contributed by atoms with van der Waals surface area (Å²) in [5.74, 6) is 0. The third-order valence-corrected chi connectivity index (χ3v) is 2.35. The van der Waals surface area contributed by atoms with E-state index in [1.165, 1.54) is 0 Å². The summed E-state index contributed by atoms with van der Waals surface area (Å²) >= 11 is 0. The molecule has 1 atom stereocenters. The average Bonchev–Trinajstić information content (AvgIpc) is 2.35. The Morgan fingerprint density at radius 1 is 1.35 bits per heavy atom. The van der Waals surface area contributed by atoms with Gasteiger partial charge in [-0.2, -0.15) is 5.26 Å². The number of para-hydroxylation sites is 1. The first-order valence-corrected chi connectivity index (χ1v) is 5.56. The second-order valence-corrected chi connectivity index (χ2v) is 3.71. The molecule has 0 saturated heterocycles. The molecule has 1 aromatic carbocycles. The number of hydrogen-bond acceptors (Lipinski definition) is 4. The van der Waals surface area contributed by atoms with Crippen molar-refractivity contribution in [2.75, 3.05) is 32.2 Å². The van der Waals surface area contributed by atoms with Gasteiger partial charge in [-0.3, -0.25) is 0 Å². The maximum Gasteiger partial charge on any atom is 0.138 e. The van der Waals surface area contributed by atoms with Crippen molar-refractivity contribution >= 4 is 5.69 Å². The number of hydrogen-bond donors (Lipinski definition) is 1. The molecular weight excluding hydrogens is 216 g/mol. The first kappa shape index (κ1) is 13.5. The lowest BCUT2D eigenvalue weighted by Crippen LogP contribution is -2.24. The van der Waals surface area contributed by atoms with E-state index in [1.807, 2.05) is 31.2 Å². The Morgan fingerprint density at radius 2 is 2.12 bits per heavy atom. The summed E-state index contributed by atoms with van der Waals surface area (Å²) < 4.78 is 10.2. The molecule has 1 N–H and O–H groups in total. The van der Waals surface area contributed by atoms with Gasteiger partial charge in [-0.25, -0.2) is 0 Å². The van der Waals surface area contributed by atoms with E-state index in [9.17, 15) is 0 Å². The van der Waals surface area contributed by atoms with Gasteiger partial charge in [0, 0.05) is 12.8 Å². The number of ether oxygens (including phenoxy) is 2. The summed E-state index contributed by atoms with van der Waals surface area (Å²) in [5, 5.41) is 12.2. The quantitative estimate of drug-likeness (QED) is 0.733. The van der Waals surface area contributed by atoms with Crippen LogP contribution in [0.15, 0.2) is 24.3 Å². The molecular formula is C13H18N2O2. The third kappa shape index (κ3) is 4.85. The zero-order chi connectivity index (χ0) is 12.5. The fourth-order valence-corrected chi connectivity index (χ4v) is 1.38. The number of benzene rings is 1. The van der Waals surface area contributed by atoms with Crippen LogP contribution in [-0.2, 0) is 9.47 Å². The van der Waals surface area contributed by atoms with Crippen LogP contribution in [0.1, 0.15) is 5.56 Å². The van der Waals surface area contributed by atoms with Crippen molar-refractivity contribution in [1.29, 1.82) is 5.26 Å². The van der Waals surface area contributed by atoms with Gasteiger partial charge in [0.25, 0.3) is 0 Å². The normalized spacial score (nSPS) is 11.8. The van der Waals surface area contributed by atoms with Crippen LogP contribution in [0.4, 0.5) is 5.69 Å². The second-order valence-electron chi connectivity index (χ2n) is 3.71. The van der Waals surface area contributed by atoms with Crippen LogP contribution in [0.25, 0.3) is 0 Å². The second kappa shape index (κ2) is 7.66. The predicted molar refractivity (Wildman–Crippen MR) is 66.9 cm³/mol. The summed E-state index contributed by atoms with van der Waals surface area (Å²) in [6.07, 6.45) is 0. The molecule has 0 heterocycles. The molecule has 0 aliphatic rings. The van der Waals surface area contributed by atoms with Gasteiger partial charge in [0.2, 0.25) is 0 Å². The minimum atomic E-state index is -0.340. The van der Waals surface area contributed by atoms with Crippen LogP contribution in [0.5, 0.6) is 0 Å². The third-order valence-electron chi connectivity index (χ3n) is 2.35. The standard InChI is InChI=1S/C13H18N2O2/c1-11-5-3-4-6-13(11)15-12(9-14)10-17-8-7-16-2/h3-6,12,15H,7-8,10H2,1-2H3. The van der Waals surface area contributed by atoms with Gasteiger partial charge < -0.3 is 14.8 Å². The topological polar surface area (TPSA) is 54.3 Å². The number of rotatable bonds is 7. The van der Waals surface area contributed by atoms with Gasteiger partial charge in [0.15, 0.2) is 0 Å². The van der Waals surface area contributed by atoms with Crippen LogP contribution in [0.2, 0.25) is 0 Å². The lowest BCUT2D eigenvalue weighted by molar-refractivity contribution is 0.0707. The van der Waals surface area contributed by atoms with Crippen molar-refractivity contribution in [3.05, 3.63) is 29.8 Å². The first-order valence-electron chi connectivity index (χ1n) is 5.56. The largest absolute Gasteiger partial charge is 0.382 e. The molecule has 92 valence electrons. The summed E-state index contributed by atoms with van der Waals surface area (Å²) in [7, 11) is 1.62. The van der Waals surface area contributed by atoms with Crippen LogP contribution >= 0.6 is 0 Å². The highest BCUT2D eigenvalue weighted by Crippen LogP contribution is 2.14. The molecule has 1 aromatic rings. The van der Waals surface area contributed by atoms with E-state index < -0.39 is 0 Å². The minimum Gasteiger partial charge on any atom is -0.382 e. The fraction of sp³-hybridized carbons (Fsp3) is 0.462. The Kier molecular flexibility index (Phi) is 6.08. The van der Waals surface area contributed by atoms with Crippen LogP contribution in [0, 0.1) is 18.3 Å². The molecule has 0 spiro atoms. The van der Waals surface area contributed by atoms with E-state index >= 15 is 0 Å². The van der Waals surface area contributed by atoms with Crippen molar-refractivity contribution < 1.29 is 9.47 Å². The summed E-state index contributed by atoms with van der Waals surface area (Å²) in [4.78, 5) is 0. The molecule has 0 bridgehead atoms. The molecule has 0 radical (unpaired) electrons. The Morgan fingerprint density at radius 3 is 2.76 bits per heavy atom. The van der Waals surface area contributed by atoms with Gasteiger partial charge in [0.05, 0.1) is 25.9 Å². The molecule has 0 amide bonds. The number of aryl methyl sites for hydroxylation is 1. The number of nitrogens with one attached hydrogen (secondary N) is 1. The SMILES string of the molecule is COCCOCC(C#N)Nc1ccccc1C. The summed E-state index contributed by atoms with van der Waals surface area (Å²) in [5.41, 5.74) is 2.08. The smallest absolute Gasteiger partial charge is 0.138 e. The van der Waals surface area contributed by atoms with Crippen molar-refractivity contribution in [1.82, 2.24) is 0 Å². The lowest BCUT2D eigenvalue weighted by atomic mass is 10.2. The van der Waals surface area contributed by atoms with Crippen molar-refractivity contribution in [2.24, 2.45) is 0 Å². The maximum absolute atomic E-state index is 9.01. The van der Waals surface area contributed by atoms with Crippen LogP contribution in [-0.4, -0.2) is 33.0 Å². The first-order chi connectivity index (χ1) is 8.27. The van der Waals surface area contributed by atoms with Crippen molar-refractivity contribution in [3.8, 4) is 6.07 Å². The lowest BCUT2D eigenvalue weighted by Gasteiger charge is -2.14. The highest BCUT2D eigenvalue weighted by molar-refractivity contribution is 5.51. The zero-order valence-corrected chi connectivity index (χ0v) is 10.3. The van der Waals surface area contributed by atoms with Gasteiger partial charge in [-0.15, -0.1) is 0 Å². The summed E-state index contributed by atoms with van der Waals surface area (Å²) in [6, 6.07) is 9.70. The average molecular weight is 234 g/mol. The van der Waals surface area contributed by atoms with Gasteiger partial charge >= 0.3 is 0 Å². The highest BCUT2D eigenvalue weighted by Gasteiger charge is 2.08. The van der Waals surface area contributed by atoms with Crippen LogP contribution in [0.3, 0.4) is 0 Å². The summed E-state index contributed by atoms with van der Waals surface area (Å²) in [6.45, 7) is 3.41. The molecule has 1 unspecified atom stereocenters. The highest BCUT2D eigenvalue weighted by atomic mass is 16.5.